The quantitative estimate of drug-likeness (QED) is 0.201. The lowest BCUT2D eigenvalue weighted by Crippen LogP contribution is -2.51. The van der Waals surface area contributed by atoms with Gasteiger partial charge in [0.25, 0.3) is 0 Å². The minimum absolute atomic E-state index is 0.325. The van der Waals surface area contributed by atoms with Gasteiger partial charge in [-0.25, -0.2) is 0 Å². The molecule has 0 N–H and O–H groups in total. The summed E-state index contributed by atoms with van der Waals surface area (Å²) >= 11 is 0. The minimum atomic E-state index is 0.325. The average molecular weight is 533 g/mol. The molecule has 0 saturated heterocycles. The summed E-state index contributed by atoms with van der Waals surface area (Å²) < 4.78 is 2.59. The van der Waals surface area contributed by atoms with Crippen molar-refractivity contribution in [2.75, 3.05) is 4.90 Å². The van der Waals surface area contributed by atoms with Crippen molar-refractivity contribution < 1.29 is 0 Å². The van der Waals surface area contributed by atoms with E-state index in [4.69, 9.17) is 0 Å². The van der Waals surface area contributed by atoms with Crippen molar-refractivity contribution in [2.24, 2.45) is 0 Å². The van der Waals surface area contributed by atoms with E-state index in [2.05, 4.69) is 153 Å². The zero-order valence-corrected chi connectivity index (χ0v) is 24.7. The summed E-state index contributed by atoms with van der Waals surface area (Å²) in [7, 11) is 0. The van der Waals surface area contributed by atoms with Crippen LogP contribution in [-0.2, 0) is 6.42 Å². The molecule has 1 aromatic heterocycles. The molecule has 202 valence electrons. The monoisotopic (exact) mass is 532 g/mol. The molecule has 0 aliphatic carbocycles. The second-order valence-corrected chi connectivity index (χ2v) is 12.2. The number of nitrogens with zero attached hydrogens (tertiary/aromatic N) is 2. The van der Waals surface area contributed by atoms with E-state index >= 15 is 0 Å². The van der Waals surface area contributed by atoms with Crippen molar-refractivity contribution in [2.45, 2.75) is 52.9 Å². The molecule has 2 nitrogen and oxygen atoms in total. The summed E-state index contributed by atoms with van der Waals surface area (Å²) in [4.78, 5) is 2.45. The van der Waals surface area contributed by atoms with E-state index in [1.807, 2.05) is 0 Å². The van der Waals surface area contributed by atoms with E-state index in [-0.39, 0.29) is 0 Å². The van der Waals surface area contributed by atoms with Crippen molar-refractivity contribution in [3.8, 4) is 0 Å². The number of benzene rings is 5. The van der Waals surface area contributed by atoms with Gasteiger partial charge in [-0.2, -0.15) is 0 Å². The Morgan fingerprint density at radius 2 is 1.10 bits per heavy atom. The topological polar surface area (TPSA) is 8.17 Å². The average Bonchev–Trinajstić information content (AvgIpc) is 3.33. The SMILES string of the molecule is Cc1cccc2c3cccc(C)c3n(C(C)Cc3ccc(N4c5ccccc5B(C(C)C)c5ccccc54)cc3)c12. The Balaban J connectivity index is 1.27. The molecular weight excluding hydrogens is 495 g/mol. The van der Waals surface area contributed by atoms with Crippen LogP contribution >= 0.6 is 0 Å². The second kappa shape index (κ2) is 9.99. The fourth-order valence-electron chi connectivity index (χ4n) is 7.36. The molecule has 0 bridgehead atoms. The molecule has 1 atom stereocenters. The van der Waals surface area contributed by atoms with Gasteiger partial charge in [-0.3, -0.25) is 0 Å². The molecule has 1 unspecified atom stereocenters. The van der Waals surface area contributed by atoms with Gasteiger partial charge in [0, 0.05) is 33.9 Å². The third kappa shape index (κ3) is 4.10. The van der Waals surface area contributed by atoms with Crippen LogP contribution in [0.3, 0.4) is 0 Å². The van der Waals surface area contributed by atoms with Crippen molar-refractivity contribution in [3.05, 3.63) is 126 Å². The standard InChI is InChI=1S/C38H37BN2/c1-25(2)39-33-16-6-8-18-35(33)41(36-19-9-7-17-34(36)39)30-22-20-29(21-23-30)24-28(5)40-37-26(3)12-10-14-31(37)32-15-11-13-27(4)38(32)40/h6-23,25,28H,24H2,1-5H3. The van der Waals surface area contributed by atoms with Gasteiger partial charge in [-0.15, -0.1) is 0 Å². The molecule has 5 aromatic carbocycles. The van der Waals surface area contributed by atoms with Crippen LogP contribution in [0.1, 0.15) is 43.5 Å². The Morgan fingerprint density at radius 3 is 1.61 bits per heavy atom. The van der Waals surface area contributed by atoms with Gasteiger partial charge in [0.15, 0.2) is 0 Å². The third-order valence-electron chi connectivity index (χ3n) is 9.11. The first-order chi connectivity index (χ1) is 19.9. The highest BCUT2D eigenvalue weighted by Crippen LogP contribution is 2.39. The molecule has 0 fully saturated rings. The predicted octanol–water partition coefficient (Wildman–Crippen LogP) is 9.02. The molecule has 3 heteroatoms. The number of hydrogen-bond donors (Lipinski definition) is 0. The van der Waals surface area contributed by atoms with Gasteiger partial charge in [-0.1, -0.05) is 116 Å². The largest absolute Gasteiger partial charge is 0.337 e. The molecule has 0 radical (unpaired) electrons. The van der Waals surface area contributed by atoms with Gasteiger partial charge < -0.3 is 9.47 Å². The first-order valence-electron chi connectivity index (χ1n) is 15.0. The summed E-state index contributed by atoms with van der Waals surface area (Å²) in [5, 5.41) is 2.71. The van der Waals surface area contributed by atoms with E-state index in [1.54, 1.807) is 0 Å². The van der Waals surface area contributed by atoms with E-state index in [0.717, 1.165) is 6.42 Å². The number of fused-ring (bicyclic) bond motifs is 5. The van der Waals surface area contributed by atoms with Crippen molar-refractivity contribution in [1.82, 2.24) is 4.57 Å². The second-order valence-electron chi connectivity index (χ2n) is 12.2. The van der Waals surface area contributed by atoms with Crippen LogP contribution < -0.4 is 15.8 Å². The maximum atomic E-state index is 2.59. The molecule has 1 aliphatic heterocycles. The van der Waals surface area contributed by atoms with Crippen LogP contribution in [0.5, 0.6) is 0 Å². The van der Waals surface area contributed by atoms with Crippen LogP contribution in [0.25, 0.3) is 21.8 Å². The number of aryl methyl sites for hydroxylation is 2. The number of aromatic nitrogens is 1. The molecule has 7 rings (SSSR count). The van der Waals surface area contributed by atoms with E-state index in [9.17, 15) is 0 Å². The Bertz CT molecular complexity index is 1790. The number of para-hydroxylation sites is 4. The van der Waals surface area contributed by atoms with Crippen LogP contribution in [-0.4, -0.2) is 11.3 Å². The van der Waals surface area contributed by atoms with Gasteiger partial charge in [-0.05, 0) is 68.1 Å². The normalized spacial score (nSPS) is 13.6. The van der Waals surface area contributed by atoms with E-state index in [1.165, 1.54) is 66.5 Å². The fourth-order valence-corrected chi connectivity index (χ4v) is 7.36. The van der Waals surface area contributed by atoms with Gasteiger partial charge in [0.2, 0.25) is 6.71 Å². The highest BCUT2D eigenvalue weighted by Gasteiger charge is 2.35. The van der Waals surface area contributed by atoms with Crippen LogP contribution in [0.4, 0.5) is 17.1 Å². The summed E-state index contributed by atoms with van der Waals surface area (Å²) in [6.07, 6.45) is 0.977. The van der Waals surface area contributed by atoms with Gasteiger partial charge in [0.05, 0.1) is 11.0 Å². The maximum absolute atomic E-state index is 2.59. The van der Waals surface area contributed by atoms with E-state index < -0.39 is 0 Å². The predicted molar refractivity (Wildman–Crippen MR) is 179 cm³/mol. The number of anilines is 3. The van der Waals surface area contributed by atoms with Gasteiger partial charge >= 0.3 is 0 Å². The summed E-state index contributed by atoms with van der Waals surface area (Å²) in [6.45, 7) is 11.9. The van der Waals surface area contributed by atoms with Crippen molar-refractivity contribution in [3.63, 3.8) is 0 Å². The third-order valence-corrected chi connectivity index (χ3v) is 9.11. The first-order valence-corrected chi connectivity index (χ1v) is 15.0. The Morgan fingerprint density at radius 1 is 0.585 bits per heavy atom. The molecule has 1 aliphatic rings. The molecule has 2 heterocycles. The molecule has 0 spiro atoms. The Kier molecular flexibility index (Phi) is 6.27. The first kappa shape index (κ1) is 25.7. The Labute approximate surface area is 244 Å². The van der Waals surface area contributed by atoms with Crippen molar-refractivity contribution in [1.29, 1.82) is 0 Å². The summed E-state index contributed by atoms with van der Waals surface area (Å²) in [5.74, 6) is 0.524. The fraction of sp³-hybridized carbons (Fsp3) is 0.211. The Hall–Kier alpha value is -4.24. The molecular formula is C38H37BN2. The van der Waals surface area contributed by atoms with Crippen molar-refractivity contribution >= 4 is 56.5 Å². The lowest BCUT2D eigenvalue weighted by atomic mass is 9.33. The zero-order chi connectivity index (χ0) is 28.2. The van der Waals surface area contributed by atoms with Crippen LogP contribution in [0.2, 0.25) is 5.82 Å². The molecule has 0 saturated carbocycles. The zero-order valence-electron chi connectivity index (χ0n) is 24.7. The van der Waals surface area contributed by atoms with Crippen LogP contribution in [0.15, 0.2) is 109 Å². The highest BCUT2D eigenvalue weighted by atomic mass is 15.1. The molecule has 6 aromatic rings. The smallest absolute Gasteiger partial charge is 0.217 e. The summed E-state index contributed by atoms with van der Waals surface area (Å²) in [6, 6.07) is 40.9. The van der Waals surface area contributed by atoms with Gasteiger partial charge in [0.1, 0.15) is 0 Å². The maximum Gasteiger partial charge on any atom is 0.217 e. The molecule has 0 amide bonds. The minimum Gasteiger partial charge on any atom is -0.337 e. The highest BCUT2D eigenvalue weighted by molar-refractivity contribution is 6.89. The lowest BCUT2D eigenvalue weighted by molar-refractivity contribution is 0.577. The molecule has 41 heavy (non-hydrogen) atoms. The lowest BCUT2D eigenvalue weighted by Gasteiger charge is -2.38. The number of rotatable bonds is 5. The number of hydrogen-bond acceptors (Lipinski definition) is 1. The van der Waals surface area contributed by atoms with E-state index in [0.29, 0.717) is 18.6 Å². The summed E-state index contributed by atoms with van der Waals surface area (Å²) in [5.41, 5.74) is 13.4. The van der Waals surface area contributed by atoms with Crippen LogP contribution in [0, 0.1) is 13.8 Å².